The number of aliphatic hydroxyl groups excluding tert-OH is 1. The Bertz CT molecular complexity index is 1200. The van der Waals surface area contributed by atoms with Crippen LogP contribution in [-0.2, 0) is 14.4 Å². The van der Waals surface area contributed by atoms with Crippen molar-refractivity contribution in [3.63, 3.8) is 0 Å². The van der Waals surface area contributed by atoms with Crippen molar-refractivity contribution in [2.45, 2.75) is 31.5 Å². The zero-order valence-corrected chi connectivity index (χ0v) is 20.3. The van der Waals surface area contributed by atoms with Crippen LogP contribution >= 0.6 is 46.4 Å². The van der Waals surface area contributed by atoms with E-state index in [0.29, 0.717) is 5.02 Å². The number of amides is 2. The predicted octanol–water partition coefficient (Wildman–Crippen LogP) is 4.26. The van der Waals surface area contributed by atoms with E-state index in [-0.39, 0.29) is 26.3 Å². The van der Waals surface area contributed by atoms with Gasteiger partial charge in [-0.2, -0.15) is 0 Å². The molecule has 5 unspecified atom stereocenters. The van der Waals surface area contributed by atoms with E-state index in [9.17, 15) is 24.6 Å². The lowest BCUT2D eigenvalue weighted by Gasteiger charge is -2.33. The van der Waals surface area contributed by atoms with E-state index in [1.54, 1.807) is 19.1 Å². The molecule has 2 fully saturated rings. The lowest BCUT2D eigenvalue weighted by atomic mass is 9.76. The Hall–Kier alpha value is -1.87. The van der Waals surface area contributed by atoms with Gasteiger partial charge in [-0.05, 0) is 49.2 Å². The first-order valence-corrected chi connectivity index (χ1v) is 11.4. The molecule has 0 saturated carbocycles. The number of aryl methyl sites for hydroxylation is 1. The number of benzene rings is 2. The number of carbonyl (C=O) groups excluding carboxylic acids is 2. The van der Waals surface area contributed by atoms with Crippen molar-refractivity contribution in [2.24, 2.45) is 11.8 Å². The molecule has 4 rings (SSSR count). The molecule has 0 aromatic heterocycles. The number of carboxylic acids is 1. The van der Waals surface area contributed by atoms with Gasteiger partial charge in [-0.3, -0.25) is 19.7 Å². The summed E-state index contributed by atoms with van der Waals surface area (Å²) in [7, 11) is 0. The summed E-state index contributed by atoms with van der Waals surface area (Å²) in [5, 5.41) is 24.3. The Morgan fingerprint density at radius 2 is 1.76 bits per heavy atom. The number of rotatable bonds is 4. The Labute approximate surface area is 209 Å². The molecule has 2 aliphatic rings. The van der Waals surface area contributed by atoms with Crippen molar-refractivity contribution < 1.29 is 24.6 Å². The lowest BCUT2D eigenvalue weighted by molar-refractivity contribution is -0.154. The van der Waals surface area contributed by atoms with Crippen LogP contribution < -0.4 is 10.2 Å². The van der Waals surface area contributed by atoms with Crippen molar-refractivity contribution in [2.75, 3.05) is 4.90 Å². The molecular weight excluding hydrogens is 514 g/mol. The molecule has 0 radical (unpaired) electrons. The monoisotopic (exact) mass is 530 g/mol. The molecule has 5 atom stereocenters. The second-order valence-corrected chi connectivity index (χ2v) is 9.84. The predicted molar refractivity (Wildman–Crippen MR) is 125 cm³/mol. The highest BCUT2D eigenvalue weighted by atomic mass is 35.5. The SMILES string of the molecule is Cc1ccc(N2C(=O)C3C(c4cc(Cl)cc(Cl)c4Cl)NC(C(=O)O)(C(C)O)C3C2=O)cc1Cl. The summed E-state index contributed by atoms with van der Waals surface area (Å²) in [4.78, 5) is 40.6. The number of halogens is 4. The maximum absolute atomic E-state index is 13.6. The van der Waals surface area contributed by atoms with Gasteiger partial charge in [0.05, 0.1) is 33.7 Å². The van der Waals surface area contributed by atoms with Gasteiger partial charge in [-0.25, -0.2) is 4.90 Å². The largest absolute Gasteiger partial charge is 0.480 e. The number of nitrogens with one attached hydrogen (secondary N) is 1. The highest BCUT2D eigenvalue weighted by Gasteiger charge is 2.70. The molecule has 0 aliphatic carbocycles. The third kappa shape index (κ3) is 3.53. The molecule has 11 heteroatoms. The summed E-state index contributed by atoms with van der Waals surface area (Å²) in [6.07, 6.45) is -1.54. The number of nitrogens with zero attached hydrogens (tertiary/aromatic N) is 1. The summed E-state index contributed by atoms with van der Waals surface area (Å²) in [5.74, 6) is -5.54. The fraction of sp³-hybridized carbons (Fsp3) is 0.318. The minimum atomic E-state index is -2.16. The molecule has 2 aliphatic heterocycles. The number of carbonyl (C=O) groups is 3. The maximum Gasteiger partial charge on any atom is 0.327 e. The van der Waals surface area contributed by atoms with E-state index in [0.717, 1.165) is 10.5 Å². The fourth-order valence-corrected chi connectivity index (χ4v) is 5.66. The third-order valence-corrected chi connectivity index (χ3v) is 7.82. The number of hydrogen-bond donors (Lipinski definition) is 3. The lowest BCUT2D eigenvalue weighted by Crippen LogP contribution is -2.62. The molecule has 0 spiro atoms. The summed E-state index contributed by atoms with van der Waals surface area (Å²) in [6, 6.07) is 6.45. The molecule has 7 nitrogen and oxygen atoms in total. The second-order valence-electron chi connectivity index (χ2n) is 8.21. The number of aliphatic hydroxyl groups is 1. The normalized spacial score (nSPS) is 27.7. The summed E-state index contributed by atoms with van der Waals surface area (Å²) in [5.41, 5.74) is -0.973. The van der Waals surface area contributed by atoms with Crippen molar-refractivity contribution in [3.8, 4) is 0 Å². The standard InChI is InChI=1S/C22H18Cl4N2O5/c1-8-3-4-11(7-13(8)24)28-19(30)15-16(20(28)31)22(9(2)29,21(32)33)27-18(15)12-5-10(23)6-14(25)17(12)26/h3-7,9,15-16,18,27,29H,1-2H3,(H,32,33). The molecule has 2 saturated heterocycles. The van der Waals surface area contributed by atoms with E-state index in [2.05, 4.69) is 5.32 Å². The van der Waals surface area contributed by atoms with Crippen molar-refractivity contribution in [1.29, 1.82) is 0 Å². The van der Waals surface area contributed by atoms with Gasteiger partial charge in [0.25, 0.3) is 0 Å². The Balaban J connectivity index is 1.93. The first kappa shape index (κ1) is 24.3. The van der Waals surface area contributed by atoms with Gasteiger partial charge >= 0.3 is 5.97 Å². The summed E-state index contributed by atoms with van der Waals surface area (Å²) < 4.78 is 0. The number of anilines is 1. The summed E-state index contributed by atoms with van der Waals surface area (Å²) >= 11 is 24.9. The number of aliphatic carboxylic acids is 1. The highest BCUT2D eigenvalue weighted by Crippen LogP contribution is 2.53. The fourth-order valence-electron chi connectivity index (χ4n) is 4.75. The third-order valence-electron chi connectivity index (χ3n) is 6.38. The zero-order chi connectivity index (χ0) is 24.4. The van der Waals surface area contributed by atoms with E-state index >= 15 is 0 Å². The first-order chi connectivity index (χ1) is 15.4. The molecule has 2 amide bonds. The van der Waals surface area contributed by atoms with Crippen LogP contribution in [-0.4, -0.2) is 39.6 Å². The molecule has 2 aromatic rings. The van der Waals surface area contributed by atoms with Crippen LogP contribution in [0, 0.1) is 18.8 Å². The Kier molecular flexibility index (Phi) is 6.18. The van der Waals surface area contributed by atoms with Gasteiger partial charge in [-0.15, -0.1) is 0 Å². The van der Waals surface area contributed by atoms with Crippen molar-refractivity contribution in [3.05, 3.63) is 61.5 Å². The van der Waals surface area contributed by atoms with Crippen LogP contribution in [0.1, 0.15) is 24.1 Å². The van der Waals surface area contributed by atoms with Crippen LogP contribution in [0.3, 0.4) is 0 Å². The minimum absolute atomic E-state index is 0.0566. The van der Waals surface area contributed by atoms with Crippen LogP contribution in [0.5, 0.6) is 0 Å². The second kappa shape index (κ2) is 8.41. The van der Waals surface area contributed by atoms with Gasteiger partial charge in [0.1, 0.15) is 0 Å². The van der Waals surface area contributed by atoms with Gasteiger partial charge in [0.15, 0.2) is 5.54 Å². The Morgan fingerprint density at radius 1 is 1.09 bits per heavy atom. The average molecular weight is 532 g/mol. The summed E-state index contributed by atoms with van der Waals surface area (Å²) in [6.45, 7) is 3.01. The zero-order valence-electron chi connectivity index (χ0n) is 17.3. The molecule has 174 valence electrons. The van der Waals surface area contributed by atoms with E-state index < -0.39 is 47.3 Å². The highest BCUT2D eigenvalue weighted by molar-refractivity contribution is 6.43. The number of hydrogen-bond acceptors (Lipinski definition) is 5. The van der Waals surface area contributed by atoms with Gasteiger partial charge < -0.3 is 10.2 Å². The molecule has 3 N–H and O–H groups in total. The van der Waals surface area contributed by atoms with Gasteiger partial charge in [-0.1, -0.05) is 52.5 Å². The number of imide groups is 1. The van der Waals surface area contributed by atoms with E-state index in [4.69, 9.17) is 46.4 Å². The van der Waals surface area contributed by atoms with Crippen molar-refractivity contribution in [1.82, 2.24) is 5.32 Å². The van der Waals surface area contributed by atoms with E-state index in [1.165, 1.54) is 25.1 Å². The smallest absolute Gasteiger partial charge is 0.327 e. The number of fused-ring (bicyclic) bond motifs is 1. The Morgan fingerprint density at radius 3 is 2.33 bits per heavy atom. The maximum atomic E-state index is 13.6. The van der Waals surface area contributed by atoms with Crippen LogP contribution in [0.15, 0.2) is 30.3 Å². The van der Waals surface area contributed by atoms with Crippen LogP contribution in [0.2, 0.25) is 20.1 Å². The van der Waals surface area contributed by atoms with Crippen LogP contribution in [0.25, 0.3) is 0 Å². The molecule has 33 heavy (non-hydrogen) atoms. The van der Waals surface area contributed by atoms with Gasteiger partial charge in [0, 0.05) is 16.1 Å². The first-order valence-electron chi connectivity index (χ1n) is 9.89. The average Bonchev–Trinajstić information content (AvgIpc) is 3.22. The van der Waals surface area contributed by atoms with Gasteiger partial charge in [0.2, 0.25) is 11.8 Å². The van der Waals surface area contributed by atoms with E-state index in [1.807, 2.05) is 0 Å². The molecule has 2 aromatic carbocycles. The topological polar surface area (TPSA) is 107 Å². The molecule has 0 bridgehead atoms. The number of carboxylic acid groups (broad SMARTS) is 1. The van der Waals surface area contributed by atoms with Crippen LogP contribution in [0.4, 0.5) is 5.69 Å². The van der Waals surface area contributed by atoms with Crippen molar-refractivity contribution >= 4 is 69.9 Å². The minimum Gasteiger partial charge on any atom is -0.480 e. The quantitative estimate of drug-likeness (QED) is 0.402. The molecular formula is C22H18Cl4N2O5. The molecule has 2 heterocycles.